The van der Waals surface area contributed by atoms with Crippen LogP contribution in [0.4, 0.5) is 5.69 Å². The molecular formula is C20H16N4O3S. The van der Waals surface area contributed by atoms with Crippen LogP contribution in [0.3, 0.4) is 0 Å². The smallest absolute Gasteiger partial charge is 0.262 e. The quantitative estimate of drug-likeness (QED) is 0.557. The topological polar surface area (TPSA) is 107 Å². The minimum absolute atomic E-state index is 0.188. The second-order valence-corrected chi connectivity index (χ2v) is 7.35. The lowest BCUT2D eigenvalue weighted by molar-refractivity contribution is -0.116. The fourth-order valence-electron chi connectivity index (χ4n) is 3.19. The zero-order chi connectivity index (χ0) is 19.8. The number of aryl methyl sites for hydroxylation is 1. The lowest BCUT2D eigenvalue weighted by Crippen LogP contribution is -2.28. The van der Waals surface area contributed by atoms with Gasteiger partial charge in [-0.15, -0.1) is 11.3 Å². The van der Waals surface area contributed by atoms with E-state index in [4.69, 9.17) is 5.73 Å². The van der Waals surface area contributed by atoms with Crippen LogP contribution in [0.15, 0.2) is 53.6 Å². The number of nitrogens with two attached hydrogens (primary N) is 1. The number of nitrogens with one attached hydrogen (secondary N) is 1. The maximum Gasteiger partial charge on any atom is 0.262 e. The second kappa shape index (κ2) is 6.90. The number of anilines is 1. The van der Waals surface area contributed by atoms with Crippen LogP contribution in [0.5, 0.6) is 0 Å². The van der Waals surface area contributed by atoms with Crippen LogP contribution in [0.1, 0.15) is 15.2 Å². The molecule has 2 aromatic carbocycles. The van der Waals surface area contributed by atoms with Crippen LogP contribution in [0, 0.1) is 6.92 Å². The summed E-state index contributed by atoms with van der Waals surface area (Å²) in [6.07, 6.45) is 1.31. The number of aromatic nitrogens is 2. The summed E-state index contributed by atoms with van der Waals surface area (Å²) in [4.78, 5) is 41.8. The molecule has 0 fully saturated rings. The number of benzene rings is 2. The molecule has 8 heteroatoms. The molecule has 7 nitrogen and oxygen atoms in total. The van der Waals surface area contributed by atoms with E-state index in [1.807, 2.05) is 42.5 Å². The number of hydrogen-bond donors (Lipinski definition) is 2. The molecule has 0 unspecified atom stereocenters. The van der Waals surface area contributed by atoms with Crippen molar-refractivity contribution in [3.05, 3.63) is 69.6 Å². The molecule has 2 heterocycles. The summed E-state index contributed by atoms with van der Waals surface area (Å²) >= 11 is 1.08. The van der Waals surface area contributed by atoms with Gasteiger partial charge in [0.25, 0.3) is 11.5 Å². The van der Waals surface area contributed by atoms with E-state index in [2.05, 4.69) is 10.3 Å². The summed E-state index contributed by atoms with van der Waals surface area (Å²) in [5.74, 6) is -0.942. The number of carbonyl (C=O) groups excluding carboxylic acids is 2. The fourth-order valence-corrected chi connectivity index (χ4v) is 4.18. The molecule has 0 aliphatic rings. The first-order valence-electron chi connectivity index (χ1n) is 8.51. The lowest BCUT2D eigenvalue weighted by Gasteiger charge is -2.10. The average Bonchev–Trinajstić information content (AvgIpc) is 3.02. The van der Waals surface area contributed by atoms with E-state index in [9.17, 15) is 14.4 Å². The number of rotatable bonds is 4. The summed E-state index contributed by atoms with van der Waals surface area (Å²) < 4.78 is 1.23. The van der Waals surface area contributed by atoms with Gasteiger partial charge in [0.05, 0.1) is 16.6 Å². The monoisotopic (exact) mass is 392 g/mol. The van der Waals surface area contributed by atoms with E-state index in [-0.39, 0.29) is 18.0 Å². The highest BCUT2D eigenvalue weighted by atomic mass is 32.1. The largest absolute Gasteiger partial charge is 0.365 e. The van der Waals surface area contributed by atoms with E-state index in [0.29, 0.717) is 26.3 Å². The van der Waals surface area contributed by atoms with Gasteiger partial charge < -0.3 is 11.1 Å². The molecular weight excluding hydrogens is 376 g/mol. The lowest BCUT2D eigenvalue weighted by atomic mass is 10.1. The first-order chi connectivity index (χ1) is 13.5. The fraction of sp³-hybridized carbons (Fsp3) is 0.100. The van der Waals surface area contributed by atoms with Gasteiger partial charge in [0, 0.05) is 11.1 Å². The molecule has 0 saturated heterocycles. The highest BCUT2D eigenvalue weighted by Gasteiger charge is 2.18. The van der Waals surface area contributed by atoms with Crippen molar-refractivity contribution in [2.45, 2.75) is 13.5 Å². The molecule has 4 rings (SSSR count). The Balaban J connectivity index is 1.65. The molecule has 0 aliphatic carbocycles. The molecule has 3 N–H and O–H groups in total. The van der Waals surface area contributed by atoms with Crippen LogP contribution in [0.2, 0.25) is 0 Å². The zero-order valence-corrected chi connectivity index (χ0v) is 15.7. The highest BCUT2D eigenvalue weighted by Crippen LogP contribution is 2.26. The molecule has 0 atom stereocenters. The Kier molecular flexibility index (Phi) is 4.40. The molecule has 0 bridgehead atoms. The third-order valence-electron chi connectivity index (χ3n) is 4.52. The number of fused-ring (bicyclic) bond motifs is 2. The Morgan fingerprint density at radius 2 is 1.93 bits per heavy atom. The Bertz CT molecular complexity index is 1300. The number of primary amides is 1. The van der Waals surface area contributed by atoms with Crippen molar-refractivity contribution in [1.29, 1.82) is 0 Å². The van der Waals surface area contributed by atoms with Crippen molar-refractivity contribution in [1.82, 2.24) is 9.55 Å². The number of hydrogen-bond acceptors (Lipinski definition) is 5. The first-order valence-corrected chi connectivity index (χ1v) is 9.33. The predicted molar refractivity (Wildman–Crippen MR) is 110 cm³/mol. The van der Waals surface area contributed by atoms with E-state index >= 15 is 0 Å². The summed E-state index contributed by atoms with van der Waals surface area (Å²) in [5, 5.41) is 5.09. The van der Waals surface area contributed by atoms with Gasteiger partial charge in [-0.05, 0) is 23.9 Å². The van der Waals surface area contributed by atoms with Gasteiger partial charge in [-0.2, -0.15) is 0 Å². The van der Waals surface area contributed by atoms with E-state index in [1.54, 1.807) is 6.92 Å². The van der Waals surface area contributed by atoms with Crippen LogP contribution in [-0.4, -0.2) is 21.4 Å². The summed E-state index contributed by atoms with van der Waals surface area (Å²) in [6.45, 7) is 1.47. The molecule has 140 valence electrons. The third-order valence-corrected chi connectivity index (χ3v) is 5.73. The average molecular weight is 392 g/mol. The van der Waals surface area contributed by atoms with Gasteiger partial charge in [0.15, 0.2) is 0 Å². The number of nitrogens with zero attached hydrogens (tertiary/aromatic N) is 2. The summed E-state index contributed by atoms with van der Waals surface area (Å²) in [7, 11) is 0. The van der Waals surface area contributed by atoms with Crippen molar-refractivity contribution in [3.63, 3.8) is 0 Å². The highest BCUT2D eigenvalue weighted by molar-refractivity contribution is 7.20. The molecule has 28 heavy (non-hydrogen) atoms. The van der Waals surface area contributed by atoms with Crippen molar-refractivity contribution >= 4 is 49.8 Å². The maximum atomic E-state index is 12.8. The molecule has 0 saturated carbocycles. The number of carbonyl (C=O) groups is 2. The molecule has 4 aromatic rings. The predicted octanol–water partition coefficient (Wildman–Crippen LogP) is 2.66. The molecule has 0 aliphatic heterocycles. The second-order valence-electron chi connectivity index (χ2n) is 6.35. The molecule has 2 amide bonds. The third kappa shape index (κ3) is 3.03. The summed E-state index contributed by atoms with van der Waals surface area (Å²) in [6, 6.07) is 13.3. The van der Waals surface area contributed by atoms with Gasteiger partial charge in [0.1, 0.15) is 11.4 Å². The van der Waals surface area contributed by atoms with E-state index < -0.39 is 5.91 Å². The SMILES string of the molecule is Cc1c(C(N)=O)sc2ncn(CC(=O)Nc3cccc4ccccc34)c(=O)c12. The van der Waals surface area contributed by atoms with Crippen LogP contribution in [0.25, 0.3) is 21.0 Å². The van der Waals surface area contributed by atoms with Gasteiger partial charge in [0.2, 0.25) is 5.91 Å². The van der Waals surface area contributed by atoms with Gasteiger partial charge >= 0.3 is 0 Å². The van der Waals surface area contributed by atoms with Gasteiger partial charge in [-0.3, -0.25) is 19.0 Å². The van der Waals surface area contributed by atoms with Crippen molar-refractivity contribution < 1.29 is 9.59 Å². The Labute approximate surface area is 163 Å². The van der Waals surface area contributed by atoms with Crippen molar-refractivity contribution in [2.75, 3.05) is 5.32 Å². The van der Waals surface area contributed by atoms with E-state index in [0.717, 1.165) is 22.1 Å². The van der Waals surface area contributed by atoms with Gasteiger partial charge in [-0.1, -0.05) is 36.4 Å². The van der Waals surface area contributed by atoms with Crippen molar-refractivity contribution in [2.24, 2.45) is 5.73 Å². The zero-order valence-electron chi connectivity index (χ0n) is 14.9. The Morgan fingerprint density at radius 1 is 1.18 bits per heavy atom. The molecule has 2 aromatic heterocycles. The number of thiophene rings is 1. The van der Waals surface area contributed by atoms with Gasteiger partial charge in [-0.25, -0.2) is 4.98 Å². The minimum Gasteiger partial charge on any atom is -0.365 e. The Hall–Kier alpha value is -3.52. The van der Waals surface area contributed by atoms with E-state index in [1.165, 1.54) is 10.9 Å². The van der Waals surface area contributed by atoms with Crippen LogP contribution in [-0.2, 0) is 11.3 Å². The molecule has 0 spiro atoms. The molecule has 0 radical (unpaired) electrons. The van der Waals surface area contributed by atoms with Crippen molar-refractivity contribution in [3.8, 4) is 0 Å². The van der Waals surface area contributed by atoms with Crippen LogP contribution >= 0.6 is 11.3 Å². The Morgan fingerprint density at radius 3 is 2.71 bits per heavy atom. The standard InChI is InChI=1S/C20H16N4O3S/c1-11-16-19(28-17(11)18(21)26)22-10-24(20(16)27)9-15(25)23-14-8-4-6-12-5-2-3-7-13(12)14/h2-8,10H,9H2,1H3,(H2,21,26)(H,23,25). The normalized spacial score (nSPS) is 11.0. The first kappa shape index (κ1) is 17.9. The number of amides is 2. The summed E-state index contributed by atoms with van der Waals surface area (Å²) in [5.41, 5.74) is 6.14. The maximum absolute atomic E-state index is 12.8. The minimum atomic E-state index is -0.597. The van der Waals surface area contributed by atoms with Crippen LogP contribution < -0.4 is 16.6 Å².